The van der Waals surface area contributed by atoms with Gasteiger partial charge in [-0.3, -0.25) is 0 Å². The van der Waals surface area contributed by atoms with Crippen molar-refractivity contribution in [3.05, 3.63) is 28.8 Å². The van der Waals surface area contributed by atoms with Gasteiger partial charge < -0.3 is 14.6 Å². The van der Waals surface area contributed by atoms with Crippen molar-refractivity contribution in [2.75, 3.05) is 27.4 Å². The molecule has 1 aromatic rings. The first-order valence-corrected chi connectivity index (χ1v) is 7.71. The minimum absolute atomic E-state index is 0.0619. The van der Waals surface area contributed by atoms with E-state index < -0.39 is 16.1 Å². The van der Waals surface area contributed by atoms with Crippen molar-refractivity contribution in [3.63, 3.8) is 0 Å². The standard InChI is InChI=1S/C12H18ClNO5S/c1-18-8-10(19-2)6-14-20(16,17)12-5-9(7-15)3-4-11(12)13/h3-5,10,14-15H,6-8H2,1-2H3. The number of hydrogen-bond acceptors (Lipinski definition) is 5. The summed E-state index contributed by atoms with van der Waals surface area (Å²) in [7, 11) is -0.804. The highest BCUT2D eigenvalue weighted by molar-refractivity contribution is 7.89. The molecule has 0 fully saturated rings. The fourth-order valence-corrected chi connectivity index (χ4v) is 3.14. The summed E-state index contributed by atoms with van der Waals surface area (Å²) in [5.74, 6) is 0. The molecule has 0 aliphatic rings. The number of aliphatic hydroxyl groups excluding tert-OH is 1. The van der Waals surface area contributed by atoms with Crippen LogP contribution in [0.2, 0.25) is 5.02 Å². The quantitative estimate of drug-likeness (QED) is 0.738. The molecule has 0 saturated carbocycles. The molecule has 0 bridgehead atoms. The van der Waals surface area contributed by atoms with Crippen LogP contribution in [0.1, 0.15) is 5.56 Å². The van der Waals surface area contributed by atoms with Crippen molar-refractivity contribution in [1.82, 2.24) is 4.72 Å². The van der Waals surface area contributed by atoms with Gasteiger partial charge in [-0.1, -0.05) is 17.7 Å². The van der Waals surface area contributed by atoms with Gasteiger partial charge in [0.05, 0.1) is 24.3 Å². The summed E-state index contributed by atoms with van der Waals surface area (Å²) < 4.78 is 36.7. The molecule has 6 nitrogen and oxygen atoms in total. The summed E-state index contributed by atoms with van der Waals surface area (Å²) in [5.41, 5.74) is 0.468. The van der Waals surface area contributed by atoms with Crippen LogP contribution in [0.3, 0.4) is 0 Å². The third kappa shape index (κ3) is 4.69. The lowest BCUT2D eigenvalue weighted by molar-refractivity contribution is 0.0320. The molecular weight excluding hydrogens is 306 g/mol. The van der Waals surface area contributed by atoms with E-state index in [4.69, 9.17) is 26.2 Å². The van der Waals surface area contributed by atoms with Crippen LogP contribution < -0.4 is 4.72 Å². The van der Waals surface area contributed by atoms with Gasteiger partial charge in [0.2, 0.25) is 10.0 Å². The Hall–Kier alpha value is -0.700. The van der Waals surface area contributed by atoms with Crippen LogP contribution in [0, 0.1) is 0 Å². The molecule has 0 aliphatic carbocycles. The molecule has 0 aliphatic heterocycles. The van der Waals surface area contributed by atoms with Crippen LogP contribution in [0.4, 0.5) is 0 Å². The Bertz CT molecular complexity index is 535. The van der Waals surface area contributed by atoms with Crippen molar-refractivity contribution < 1.29 is 23.0 Å². The smallest absolute Gasteiger partial charge is 0.242 e. The van der Waals surface area contributed by atoms with Gasteiger partial charge in [0.25, 0.3) is 0 Å². The van der Waals surface area contributed by atoms with Gasteiger partial charge in [0.15, 0.2) is 0 Å². The zero-order chi connectivity index (χ0) is 15.2. The average molecular weight is 324 g/mol. The van der Waals surface area contributed by atoms with E-state index in [0.717, 1.165) is 0 Å². The van der Waals surface area contributed by atoms with Gasteiger partial charge in [-0.2, -0.15) is 0 Å². The Labute approximate surface area is 123 Å². The molecule has 114 valence electrons. The predicted octanol–water partition coefficient (Wildman–Crippen LogP) is 0.772. The molecule has 1 aromatic carbocycles. The van der Waals surface area contributed by atoms with Crippen LogP contribution >= 0.6 is 11.6 Å². The van der Waals surface area contributed by atoms with Crippen LogP contribution in [0.25, 0.3) is 0 Å². The number of nitrogens with one attached hydrogen (secondary N) is 1. The van der Waals surface area contributed by atoms with E-state index in [-0.39, 0.29) is 29.7 Å². The lowest BCUT2D eigenvalue weighted by Gasteiger charge is -2.16. The highest BCUT2D eigenvalue weighted by Gasteiger charge is 2.20. The monoisotopic (exact) mass is 323 g/mol. The lowest BCUT2D eigenvalue weighted by atomic mass is 10.2. The van der Waals surface area contributed by atoms with E-state index >= 15 is 0 Å². The average Bonchev–Trinajstić information content (AvgIpc) is 2.43. The van der Waals surface area contributed by atoms with Crippen molar-refractivity contribution in [2.24, 2.45) is 0 Å². The van der Waals surface area contributed by atoms with Crippen LogP contribution in [0.5, 0.6) is 0 Å². The number of halogens is 1. The molecule has 20 heavy (non-hydrogen) atoms. The van der Waals surface area contributed by atoms with Crippen molar-refractivity contribution in [2.45, 2.75) is 17.6 Å². The van der Waals surface area contributed by atoms with E-state index in [2.05, 4.69) is 4.72 Å². The van der Waals surface area contributed by atoms with Crippen molar-refractivity contribution in [1.29, 1.82) is 0 Å². The lowest BCUT2D eigenvalue weighted by Crippen LogP contribution is -2.35. The topological polar surface area (TPSA) is 84.9 Å². The Balaban J connectivity index is 2.88. The second-order valence-electron chi connectivity index (χ2n) is 4.09. The molecule has 0 spiro atoms. The second-order valence-corrected chi connectivity index (χ2v) is 6.23. The highest BCUT2D eigenvalue weighted by Crippen LogP contribution is 2.22. The Kier molecular flexibility index (Phi) is 6.87. The fourth-order valence-electron chi connectivity index (χ4n) is 1.53. The number of methoxy groups -OCH3 is 2. The predicted molar refractivity (Wildman–Crippen MR) is 75.2 cm³/mol. The molecule has 1 atom stereocenters. The molecule has 2 N–H and O–H groups in total. The summed E-state index contributed by atoms with van der Waals surface area (Å²) >= 11 is 5.89. The Morgan fingerprint density at radius 3 is 2.65 bits per heavy atom. The number of hydrogen-bond donors (Lipinski definition) is 2. The highest BCUT2D eigenvalue weighted by atomic mass is 35.5. The molecule has 8 heteroatoms. The summed E-state index contributed by atoms with van der Waals surface area (Å²) in [4.78, 5) is -0.0713. The normalized spacial score (nSPS) is 13.4. The summed E-state index contributed by atoms with van der Waals surface area (Å²) in [5, 5.41) is 9.14. The molecule has 1 rings (SSSR count). The second kappa shape index (κ2) is 7.92. The zero-order valence-corrected chi connectivity index (χ0v) is 12.9. The summed E-state index contributed by atoms with van der Waals surface area (Å²) in [6, 6.07) is 4.33. The molecule has 0 aromatic heterocycles. The van der Waals surface area contributed by atoms with Crippen LogP contribution in [-0.4, -0.2) is 47.0 Å². The van der Waals surface area contributed by atoms with E-state index in [1.54, 1.807) is 6.07 Å². The molecule has 0 heterocycles. The maximum absolute atomic E-state index is 12.2. The van der Waals surface area contributed by atoms with Gasteiger partial charge in [-0.25, -0.2) is 13.1 Å². The van der Waals surface area contributed by atoms with Gasteiger partial charge in [0, 0.05) is 20.8 Å². The fraction of sp³-hybridized carbons (Fsp3) is 0.500. The minimum atomic E-state index is -3.78. The minimum Gasteiger partial charge on any atom is -0.392 e. The first kappa shape index (κ1) is 17.4. The number of ether oxygens (including phenoxy) is 2. The van der Waals surface area contributed by atoms with Crippen molar-refractivity contribution >= 4 is 21.6 Å². The number of aliphatic hydroxyl groups is 1. The number of rotatable bonds is 8. The first-order valence-electron chi connectivity index (χ1n) is 5.85. The third-order valence-electron chi connectivity index (χ3n) is 2.65. The summed E-state index contributed by atoms with van der Waals surface area (Å²) in [6.07, 6.45) is -0.394. The van der Waals surface area contributed by atoms with E-state index in [0.29, 0.717) is 5.56 Å². The molecule has 0 saturated heterocycles. The maximum atomic E-state index is 12.2. The van der Waals surface area contributed by atoms with E-state index in [1.165, 1.54) is 26.4 Å². The largest absolute Gasteiger partial charge is 0.392 e. The number of sulfonamides is 1. The van der Waals surface area contributed by atoms with Crippen molar-refractivity contribution in [3.8, 4) is 0 Å². The van der Waals surface area contributed by atoms with E-state index in [9.17, 15) is 8.42 Å². The Morgan fingerprint density at radius 2 is 2.10 bits per heavy atom. The molecule has 1 unspecified atom stereocenters. The molecule has 0 amide bonds. The third-order valence-corrected chi connectivity index (χ3v) is 4.56. The van der Waals surface area contributed by atoms with Crippen LogP contribution in [0.15, 0.2) is 23.1 Å². The maximum Gasteiger partial charge on any atom is 0.242 e. The Morgan fingerprint density at radius 1 is 1.40 bits per heavy atom. The van der Waals surface area contributed by atoms with Crippen LogP contribution in [-0.2, 0) is 26.1 Å². The summed E-state index contributed by atoms with van der Waals surface area (Å²) in [6.45, 7) is 0.0693. The van der Waals surface area contributed by atoms with Gasteiger partial charge >= 0.3 is 0 Å². The molecule has 0 radical (unpaired) electrons. The van der Waals surface area contributed by atoms with E-state index in [1.807, 2.05) is 0 Å². The SMILES string of the molecule is COCC(CNS(=O)(=O)c1cc(CO)ccc1Cl)OC. The van der Waals surface area contributed by atoms with Gasteiger partial charge in [-0.05, 0) is 17.7 Å². The van der Waals surface area contributed by atoms with Gasteiger partial charge in [-0.15, -0.1) is 0 Å². The zero-order valence-electron chi connectivity index (χ0n) is 11.3. The number of benzene rings is 1. The first-order chi connectivity index (χ1) is 9.44. The van der Waals surface area contributed by atoms with Gasteiger partial charge in [0.1, 0.15) is 4.90 Å². The molecular formula is C12H18ClNO5S.